The molecule has 0 aliphatic carbocycles. The number of hydrogen-bond donors (Lipinski definition) is 1. The van der Waals surface area contributed by atoms with Crippen molar-refractivity contribution in [2.75, 3.05) is 39.3 Å². The summed E-state index contributed by atoms with van der Waals surface area (Å²) in [5.74, 6) is -1.01. The van der Waals surface area contributed by atoms with Crippen molar-refractivity contribution in [1.29, 1.82) is 0 Å². The van der Waals surface area contributed by atoms with Crippen LogP contribution in [0.2, 0.25) is 0 Å². The van der Waals surface area contributed by atoms with Crippen LogP contribution < -0.4 is 0 Å². The Balaban J connectivity index is 1.66. The zero-order chi connectivity index (χ0) is 22.0. The number of aliphatic hydroxyl groups is 1. The Morgan fingerprint density at radius 2 is 1.55 bits per heavy atom. The van der Waals surface area contributed by atoms with Crippen LogP contribution >= 0.6 is 0 Å². The van der Waals surface area contributed by atoms with E-state index in [2.05, 4.69) is 4.90 Å². The number of piperazine rings is 1. The highest BCUT2D eigenvalue weighted by Gasteiger charge is 2.42. The second-order valence-electron chi connectivity index (χ2n) is 7.96. The fraction of sp³-hybridized carbons (Fsp3) is 0.333. The molecule has 2 aliphatic rings. The fourth-order valence-electron chi connectivity index (χ4n) is 4.09. The SMILES string of the molecule is Cc1ccc(C2=C(N3CCN(CCO)CC3)C(=O)N(Cc3ccc(F)cc3)C2=O)cc1. The number of imide groups is 1. The number of nitrogens with zero attached hydrogens (tertiary/aromatic N) is 3. The van der Waals surface area contributed by atoms with Gasteiger partial charge < -0.3 is 10.0 Å². The van der Waals surface area contributed by atoms with Gasteiger partial charge in [0.05, 0.1) is 18.7 Å². The minimum absolute atomic E-state index is 0.0974. The van der Waals surface area contributed by atoms with Crippen molar-refractivity contribution in [3.63, 3.8) is 0 Å². The molecule has 7 heteroatoms. The normalized spacial score (nSPS) is 17.8. The minimum atomic E-state index is -0.359. The topological polar surface area (TPSA) is 64.1 Å². The molecule has 0 bridgehead atoms. The van der Waals surface area contributed by atoms with Gasteiger partial charge in [-0.25, -0.2) is 4.39 Å². The fourth-order valence-corrected chi connectivity index (χ4v) is 4.09. The first kappa shape index (κ1) is 21.2. The highest BCUT2D eigenvalue weighted by atomic mass is 19.1. The quantitative estimate of drug-likeness (QED) is 0.721. The lowest BCUT2D eigenvalue weighted by Crippen LogP contribution is -2.48. The Morgan fingerprint density at radius 1 is 0.903 bits per heavy atom. The van der Waals surface area contributed by atoms with Crippen LogP contribution in [-0.4, -0.2) is 71.0 Å². The van der Waals surface area contributed by atoms with Crippen LogP contribution in [0.4, 0.5) is 4.39 Å². The van der Waals surface area contributed by atoms with E-state index < -0.39 is 0 Å². The lowest BCUT2D eigenvalue weighted by Gasteiger charge is -2.36. The molecule has 2 amide bonds. The number of amides is 2. The van der Waals surface area contributed by atoms with Gasteiger partial charge in [-0.1, -0.05) is 42.0 Å². The summed E-state index contributed by atoms with van der Waals surface area (Å²) in [4.78, 5) is 32.2. The Bertz CT molecular complexity index is 994. The molecule has 1 N–H and O–H groups in total. The van der Waals surface area contributed by atoms with Gasteiger partial charge in [-0.05, 0) is 30.2 Å². The summed E-state index contributed by atoms with van der Waals surface area (Å²) in [6, 6.07) is 13.4. The largest absolute Gasteiger partial charge is 0.395 e. The third kappa shape index (κ3) is 4.38. The monoisotopic (exact) mass is 423 g/mol. The molecule has 0 atom stereocenters. The molecule has 0 radical (unpaired) electrons. The first-order chi connectivity index (χ1) is 15.0. The van der Waals surface area contributed by atoms with Crippen molar-refractivity contribution >= 4 is 17.4 Å². The highest BCUT2D eigenvalue weighted by Crippen LogP contribution is 2.33. The van der Waals surface area contributed by atoms with E-state index in [9.17, 15) is 19.1 Å². The maximum Gasteiger partial charge on any atom is 0.278 e. The Labute approximate surface area is 181 Å². The van der Waals surface area contributed by atoms with Crippen molar-refractivity contribution in [1.82, 2.24) is 14.7 Å². The van der Waals surface area contributed by atoms with Crippen LogP contribution in [0.1, 0.15) is 16.7 Å². The predicted octanol–water partition coefficient (Wildman–Crippen LogP) is 2.02. The Morgan fingerprint density at radius 3 is 2.16 bits per heavy atom. The predicted molar refractivity (Wildman–Crippen MR) is 115 cm³/mol. The summed E-state index contributed by atoms with van der Waals surface area (Å²) >= 11 is 0. The number of carbonyl (C=O) groups is 2. The summed E-state index contributed by atoms with van der Waals surface area (Å²) in [5, 5.41) is 9.18. The maximum absolute atomic E-state index is 13.4. The molecule has 162 valence electrons. The molecule has 0 unspecified atom stereocenters. The first-order valence-corrected chi connectivity index (χ1v) is 10.5. The van der Waals surface area contributed by atoms with Gasteiger partial charge in [-0.2, -0.15) is 0 Å². The third-order valence-electron chi connectivity index (χ3n) is 5.84. The number of aryl methyl sites for hydroxylation is 1. The zero-order valence-electron chi connectivity index (χ0n) is 17.6. The third-order valence-corrected chi connectivity index (χ3v) is 5.84. The molecule has 0 aromatic heterocycles. The number of β-amino-alcohol motifs (C(OH)–C–C–N with tert-alkyl or cyclic N) is 1. The highest BCUT2D eigenvalue weighted by molar-refractivity contribution is 6.35. The van der Waals surface area contributed by atoms with Crippen molar-refractivity contribution in [2.45, 2.75) is 13.5 Å². The number of carbonyl (C=O) groups excluding carboxylic acids is 2. The maximum atomic E-state index is 13.4. The summed E-state index contributed by atoms with van der Waals surface area (Å²) in [7, 11) is 0. The summed E-state index contributed by atoms with van der Waals surface area (Å²) < 4.78 is 13.3. The van der Waals surface area contributed by atoms with Gasteiger partial charge in [-0.15, -0.1) is 0 Å². The van der Waals surface area contributed by atoms with Crippen LogP contribution in [0, 0.1) is 12.7 Å². The number of hydrogen-bond acceptors (Lipinski definition) is 5. The van der Waals surface area contributed by atoms with Gasteiger partial charge in [0.15, 0.2) is 0 Å². The van der Waals surface area contributed by atoms with Crippen molar-refractivity contribution < 1.29 is 19.1 Å². The average molecular weight is 423 g/mol. The Hall–Kier alpha value is -3.03. The van der Waals surface area contributed by atoms with E-state index in [4.69, 9.17) is 0 Å². The van der Waals surface area contributed by atoms with Crippen LogP contribution in [0.5, 0.6) is 0 Å². The molecule has 4 rings (SSSR count). The molecule has 6 nitrogen and oxygen atoms in total. The molecule has 0 saturated carbocycles. The molecule has 1 saturated heterocycles. The second-order valence-corrected chi connectivity index (χ2v) is 7.96. The second kappa shape index (κ2) is 8.99. The van der Waals surface area contributed by atoms with Gasteiger partial charge in [0.25, 0.3) is 11.8 Å². The van der Waals surface area contributed by atoms with E-state index in [-0.39, 0.29) is 30.8 Å². The number of aliphatic hydroxyl groups excluding tert-OH is 1. The average Bonchev–Trinajstić information content (AvgIpc) is 3.01. The molecule has 1 fully saturated rings. The lowest BCUT2D eigenvalue weighted by atomic mass is 10.0. The van der Waals surface area contributed by atoms with E-state index in [0.29, 0.717) is 49.6 Å². The molecule has 2 heterocycles. The van der Waals surface area contributed by atoms with Crippen LogP contribution in [0.3, 0.4) is 0 Å². The van der Waals surface area contributed by atoms with E-state index in [1.54, 1.807) is 12.1 Å². The summed E-state index contributed by atoms with van der Waals surface area (Å²) in [5.41, 5.74) is 3.34. The standard InChI is InChI=1S/C24H26FN3O3/c1-17-2-6-19(7-3-17)21-22(27-12-10-26(11-13-27)14-15-29)24(31)28(23(21)30)16-18-4-8-20(25)9-5-18/h2-9,29H,10-16H2,1H3. The zero-order valence-corrected chi connectivity index (χ0v) is 17.6. The molecule has 2 aromatic rings. The van der Waals surface area contributed by atoms with Crippen molar-refractivity contribution in [3.05, 3.63) is 76.7 Å². The van der Waals surface area contributed by atoms with Crippen LogP contribution in [0.25, 0.3) is 5.57 Å². The van der Waals surface area contributed by atoms with Crippen LogP contribution in [-0.2, 0) is 16.1 Å². The van der Waals surface area contributed by atoms with E-state index >= 15 is 0 Å². The van der Waals surface area contributed by atoms with Gasteiger partial charge in [0, 0.05) is 32.7 Å². The molecule has 0 spiro atoms. The smallest absolute Gasteiger partial charge is 0.278 e. The summed E-state index contributed by atoms with van der Waals surface area (Å²) in [6.07, 6.45) is 0. The minimum Gasteiger partial charge on any atom is -0.395 e. The van der Waals surface area contributed by atoms with E-state index in [1.807, 2.05) is 36.1 Å². The van der Waals surface area contributed by atoms with Crippen molar-refractivity contribution in [2.24, 2.45) is 0 Å². The van der Waals surface area contributed by atoms with Crippen molar-refractivity contribution in [3.8, 4) is 0 Å². The molecule has 2 aliphatic heterocycles. The van der Waals surface area contributed by atoms with Gasteiger partial charge >= 0.3 is 0 Å². The van der Waals surface area contributed by atoms with Gasteiger partial charge in [0.1, 0.15) is 11.5 Å². The molecule has 2 aromatic carbocycles. The number of benzene rings is 2. The molecular weight excluding hydrogens is 397 g/mol. The molecule has 31 heavy (non-hydrogen) atoms. The van der Waals surface area contributed by atoms with Crippen LogP contribution in [0.15, 0.2) is 54.2 Å². The number of halogens is 1. The van der Waals surface area contributed by atoms with Gasteiger partial charge in [-0.3, -0.25) is 19.4 Å². The van der Waals surface area contributed by atoms with E-state index in [1.165, 1.54) is 17.0 Å². The lowest BCUT2D eigenvalue weighted by molar-refractivity contribution is -0.138. The van der Waals surface area contributed by atoms with Gasteiger partial charge in [0.2, 0.25) is 0 Å². The number of rotatable bonds is 6. The molecular formula is C24H26FN3O3. The Kier molecular flexibility index (Phi) is 6.15. The first-order valence-electron chi connectivity index (χ1n) is 10.5. The summed E-state index contributed by atoms with van der Waals surface area (Å²) in [6.45, 7) is 5.40. The van der Waals surface area contributed by atoms with E-state index in [0.717, 1.165) is 11.1 Å².